The highest BCUT2D eigenvalue weighted by Gasteiger charge is 2.26. The van der Waals surface area contributed by atoms with Crippen LogP contribution in [0.2, 0.25) is 0 Å². The lowest BCUT2D eigenvalue weighted by molar-refractivity contribution is -0.870. The van der Waals surface area contributed by atoms with Gasteiger partial charge in [-0.15, -0.1) is 0 Å². The summed E-state index contributed by atoms with van der Waals surface area (Å²) in [5.74, 6) is -0.318. The van der Waals surface area contributed by atoms with Crippen LogP contribution in [0.1, 0.15) is 258 Å². The molecule has 0 amide bonds. The highest BCUT2D eigenvalue weighted by atomic mass is 31.2. The van der Waals surface area contributed by atoms with E-state index in [4.69, 9.17) is 18.5 Å². The van der Waals surface area contributed by atoms with Crippen molar-refractivity contribution in [3.8, 4) is 0 Å². The number of carbonyl (C=O) groups excluding carboxylic acids is 1. The first kappa shape index (κ1) is 68.9. The highest BCUT2D eigenvalue weighted by Crippen LogP contribution is 2.43. The summed E-state index contributed by atoms with van der Waals surface area (Å²) in [6.45, 7) is 5.49. The number of ether oxygens (including phenoxy) is 2. The number of allylic oxidation sites excluding steroid dienone is 12. The second kappa shape index (κ2) is 54.2. The van der Waals surface area contributed by atoms with E-state index in [1.807, 2.05) is 21.1 Å². The minimum atomic E-state index is -4.29. The monoisotopic (exact) mass is 1020 g/mol. The predicted molar refractivity (Wildman–Crippen MR) is 307 cm³/mol. The lowest BCUT2D eigenvalue weighted by Crippen LogP contribution is -2.37. The molecule has 0 aliphatic carbocycles. The molecule has 0 rings (SSSR count). The van der Waals surface area contributed by atoms with Gasteiger partial charge < -0.3 is 18.9 Å². The Morgan fingerprint density at radius 2 is 0.817 bits per heavy atom. The van der Waals surface area contributed by atoms with E-state index in [0.29, 0.717) is 24.1 Å². The van der Waals surface area contributed by atoms with Gasteiger partial charge in [-0.1, -0.05) is 260 Å². The van der Waals surface area contributed by atoms with Crippen LogP contribution >= 0.6 is 7.82 Å². The van der Waals surface area contributed by atoms with Gasteiger partial charge in [-0.25, -0.2) is 4.57 Å². The maximum absolute atomic E-state index is 12.8. The Kier molecular flexibility index (Phi) is 52.6. The molecule has 0 aromatic carbocycles. The smallest absolute Gasteiger partial charge is 0.457 e. The number of carbonyl (C=O) groups is 1. The molecule has 2 unspecified atom stereocenters. The number of rotatable bonds is 55. The molecule has 71 heavy (non-hydrogen) atoms. The number of hydrogen-bond donors (Lipinski definition) is 1. The van der Waals surface area contributed by atoms with Gasteiger partial charge in [0.2, 0.25) is 0 Å². The van der Waals surface area contributed by atoms with Crippen molar-refractivity contribution in [2.45, 2.75) is 264 Å². The molecule has 0 radical (unpaired) electrons. The molecule has 0 aromatic rings. The molecule has 9 heteroatoms. The van der Waals surface area contributed by atoms with Crippen molar-refractivity contribution in [3.63, 3.8) is 0 Å². The topological polar surface area (TPSA) is 91.3 Å². The van der Waals surface area contributed by atoms with Gasteiger partial charge in [-0.3, -0.25) is 13.8 Å². The molecule has 0 saturated heterocycles. The van der Waals surface area contributed by atoms with E-state index in [1.54, 1.807) is 0 Å². The Morgan fingerprint density at radius 1 is 0.451 bits per heavy atom. The van der Waals surface area contributed by atoms with Crippen LogP contribution in [-0.2, 0) is 27.9 Å². The van der Waals surface area contributed by atoms with Crippen LogP contribution in [0.25, 0.3) is 0 Å². The zero-order valence-electron chi connectivity index (χ0n) is 47.2. The summed E-state index contributed by atoms with van der Waals surface area (Å²) in [4.78, 5) is 23.1. The first-order chi connectivity index (χ1) is 34.6. The third-order valence-electron chi connectivity index (χ3n) is 12.8. The van der Waals surface area contributed by atoms with Crippen molar-refractivity contribution in [1.29, 1.82) is 0 Å². The molecule has 0 spiro atoms. The summed E-state index contributed by atoms with van der Waals surface area (Å²) >= 11 is 0. The average molecular weight is 1020 g/mol. The van der Waals surface area contributed by atoms with Gasteiger partial charge in [0.05, 0.1) is 34.4 Å². The number of nitrogens with zero attached hydrogens (tertiary/aromatic N) is 1. The Balaban J connectivity index is 4.10. The maximum Gasteiger partial charge on any atom is 0.472 e. The quantitative estimate of drug-likeness (QED) is 0.0213. The number of phosphoric acid groups is 1. The van der Waals surface area contributed by atoms with Crippen LogP contribution in [0.3, 0.4) is 0 Å². The average Bonchev–Trinajstić information content (AvgIpc) is 3.33. The summed E-state index contributed by atoms with van der Waals surface area (Å²) in [5, 5.41) is 0. The number of esters is 1. The minimum Gasteiger partial charge on any atom is -0.457 e. The predicted octanol–water partition coefficient (Wildman–Crippen LogP) is 19.0. The normalized spacial score (nSPS) is 13.9. The molecule has 1 N–H and O–H groups in total. The Bertz CT molecular complexity index is 1370. The van der Waals surface area contributed by atoms with Gasteiger partial charge in [0, 0.05) is 13.0 Å². The minimum absolute atomic E-state index is 0.0826. The largest absolute Gasteiger partial charge is 0.472 e. The first-order valence-corrected chi connectivity index (χ1v) is 31.2. The van der Waals surface area contributed by atoms with E-state index < -0.39 is 13.9 Å². The van der Waals surface area contributed by atoms with Crippen LogP contribution in [-0.4, -0.2) is 75.6 Å². The van der Waals surface area contributed by atoms with Crippen LogP contribution < -0.4 is 0 Å². The summed E-state index contributed by atoms with van der Waals surface area (Å²) < 4.78 is 35.3. The van der Waals surface area contributed by atoms with Gasteiger partial charge >= 0.3 is 13.8 Å². The van der Waals surface area contributed by atoms with Gasteiger partial charge in [0.25, 0.3) is 0 Å². The third-order valence-corrected chi connectivity index (χ3v) is 13.8. The van der Waals surface area contributed by atoms with Crippen molar-refractivity contribution in [2.24, 2.45) is 0 Å². The molecule has 8 nitrogen and oxygen atoms in total. The zero-order chi connectivity index (χ0) is 51.9. The maximum atomic E-state index is 12.8. The third kappa shape index (κ3) is 58.7. The second-order valence-corrected chi connectivity index (χ2v) is 22.5. The zero-order valence-corrected chi connectivity index (χ0v) is 48.1. The van der Waals surface area contributed by atoms with E-state index in [2.05, 4.69) is 86.8 Å². The molecule has 0 aliphatic rings. The number of likely N-dealkylation sites (N-methyl/N-ethyl adjacent to an activating group) is 1. The van der Waals surface area contributed by atoms with E-state index in [-0.39, 0.29) is 25.8 Å². The van der Waals surface area contributed by atoms with E-state index in [9.17, 15) is 14.3 Å². The lowest BCUT2D eigenvalue weighted by Gasteiger charge is -2.24. The van der Waals surface area contributed by atoms with Crippen molar-refractivity contribution >= 4 is 13.8 Å². The molecular weight excluding hydrogens is 902 g/mol. The van der Waals surface area contributed by atoms with Crippen LogP contribution in [0.4, 0.5) is 0 Å². The second-order valence-electron chi connectivity index (χ2n) is 21.0. The summed E-state index contributed by atoms with van der Waals surface area (Å²) in [6, 6.07) is 0. The Hall–Kier alpha value is -2.06. The molecule has 2 atom stereocenters. The Morgan fingerprint density at radius 3 is 1.23 bits per heavy atom. The van der Waals surface area contributed by atoms with Crippen molar-refractivity contribution in [1.82, 2.24) is 0 Å². The van der Waals surface area contributed by atoms with Gasteiger partial charge in [0.15, 0.2) is 0 Å². The Labute approximate surface area is 440 Å². The van der Waals surface area contributed by atoms with E-state index >= 15 is 0 Å². The molecule has 414 valence electrons. The fourth-order valence-corrected chi connectivity index (χ4v) is 9.01. The van der Waals surface area contributed by atoms with E-state index in [1.165, 1.54) is 154 Å². The van der Waals surface area contributed by atoms with Crippen molar-refractivity contribution < 1.29 is 37.3 Å². The molecule has 0 fully saturated rings. The molecule has 0 aromatic heterocycles. The fourth-order valence-electron chi connectivity index (χ4n) is 8.27. The molecule has 0 saturated carbocycles. The highest BCUT2D eigenvalue weighted by molar-refractivity contribution is 7.47. The number of hydrogen-bond acceptors (Lipinski definition) is 6. The van der Waals surface area contributed by atoms with Crippen LogP contribution in [0.15, 0.2) is 72.9 Å². The summed E-state index contributed by atoms with van der Waals surface area (Å²) in [7, 11) is 1.65. The van der Waals surface area contributed by atoms with Gasteiger partial charge in [-0.05, 0) is 64.2 Å². The fraction of sp³-hybridized carbons (Fsp3) is 0.790. The number of quaternary nitrogens is 1. The molecule has 0 bridgehead atoms. The van der Waals surface area contributed by atoms with Gasteiger partial charge in [0.1, 0.15) is 19.3 Å². The molecule has 0 aliphatic heterocycles. The van der Waals surface area contributed by atoms with E-state index in [0.717, 1.165) is 83.5 Å². The summed E-state index contributed by atoms with van der Waals surface area (Å²) in [5.41, 5.74) is 0. The standard InChI is InChI=1S/C62H114NO7P/c1-6-8-10-12-14-16-18-20-22-24-26-28-30-32-33-35-37-39-41-43-45-47-49-51-53-55-62(64)70-61(60-69-71(65,66)68-58-56-63(3,4)5)59-67-57-54-52-50-48-46-44-42-40-38-36-34-31-29-27-25-23-21-19-17-15-13-11-9-7-2/h9,11,15,17,21,23,27,29,34,36,40,42,61H,6-8,10,12-14,16,18-20,22,24-26,28,30-33,35,37-39,41,43-60H2,1-5H3/p+1/b11-9-,17-15-,23-21-,29-27-,36-34-,42-40-. The van der Waals surface area contributed by atoms with Crippen LogP contribution in [0.5, 0.6) is 0 Å². The number of phosphoric ester groups is 1. The lowest BCUT2D eigenvalue weighted by atomic mass is 10.0. The summed E-state index contributed by atoms with van der Waals surface area (Å²) in [6.07, 6.45) is 72.6. The van der Waals surface area contributed by atoms with Crippen molar-refractivity contribution in [3.05, 3.63) is 72.9 Å². The van der Waals surface area contributed by atoms with Crippen molar-refractivity contribution in [2.75, 3.05) is 54.1 Å². The SMILES string of the molecule is CC/C=C\C/C=C\C/C=C\C/C=C\C/C=C\C/C=C\CCCCCCCOCC(COP(=O)(O)OCC[N+](C)(C)C)OC(=O)CCCCCCCCCCCCCCCCCCCCCCCCCCC. The number of unbranched alkanes of at least 4 members (excludes halogenated alkanes) is 29. The first-order valence-electron chi connectivity index (χ1n) is 29.7. The van der Waals surface area contributed by atoms with Crippen LogP contribution in [0, 0.1) is 0 Å². The molecule has 0 heterocycles. The molecular formula is C62H115NO7P+. The van der Waals surface area contributed by atoms with Gasteiger partial charge in [-0.2, -0.15) is 0 Å².